The summed E-state index contributed by atoms with van der Waals surface area (Å²) in [5.74, 6) is -0.523. The number of nitrogens with one attached hydrogen (secondary N) is 1. The van der Waals surface area contributed by atoms with Crippen molar-refractivity contribution in [2.45, 2.75) is 13.1 Å². The molecule has 0 aromatic heterocycles. The first-order valence-electron chi connectivity index (χ1n) is 5.77. The molecule has 106 valence electrons. The molecule has 2 aromatic carbocycles. The molecule has 0 unspecified atom stereocenters. The van der Waals surface area contributed by atoms with Gasteiger partial charge in [-0.1, -0.05) is 6.07 Å². The molecule has 0 bridgehead atoms. The van der Waals surface area contributed by atoms with E-state index in [-0.39, 0.29) is 22.6 Å². The summed E-state index contributed by atoms with van der Waals surface area (Å²) in [6.07, 6.45) is -4.44. The van der Waals surface area contributed by atoms with Gasteiger partial charge in [0.05, 0.1) is 16.9 Å². The van der Waals surface area contributed by atoms with E-state index in [1.807, 2.05) is 0 Å². The molecule has 0 radical (unpaired) electrons. The number of nitrogen functional groups attached to an aromatic ring is 1. The number of aryl methyl sites for hydroxylation is 1. The predicted octanol–water partition coefficient (Wildman–Crippen LogP) is 4.48. The lowest BCUT2D eigenvalue weighted by Crippen LogP contribution is -2.08. The number of hydrogen-bond acceptors (Lipinski definition) is 2. The van der Waals surface area contributed by atoms with E-state index in [1.165, 1.54) is 31.2 Å². The molecule has 0 spiro atoms. The average Bonchev–Trinajstić information content (AvgIpc) is 2.35. The van der Waals surface area contributed by atoms with Crippen LogP contribution in [0.25, 0.3) is 0 Å². The van der Waals surface area contributed by atoms with E-state index in [9.17, 15) is 17.6 Å². The minimum Gasteiger partial charge on any atom is -0.397 e. The van der Waals surface area contributed by atoms with Gasteiger partial charge in [-0.15, -0.1) is 0 Å². The zero-order valence-electron chi connectivity index (χ0n) is 10.6. The van der Waals surface area contributed by atoms with E-state index in [0.29, 0.717) is 0 Å². The van der Waals surface area contributed by atoms with Crippen molar-refractivity contribution in [3.05, 3.63) is 53.3 Å². The molecule has 6 heteroatoms. The first-order valence-corrected chi connectivity index (χ1v) is 5.77. The fourth-order valence-electron chi connectivity index (χ4n) is 1.80. The van der Waals surface area contributed by atoms with Crippen molar-refractivity contribution in [2.24, 2.45) is 0 Å². The SMILES string of the molecule is Cc1ccc(Nc2cc(F)ccc2N)cc1C(F)(F)F. The van der Waals surface area contributed by atoms with Crippen LogP contribution in [0, 0.1) is 12.7 Å². The Kier molecular flexibility index (Phi) is 3.57. The van der Waals surface area contributed by atoms with Gasteiger partial charge in [-0.2, -0.15) is 13.2 Å². The third-order valence-corrected chi connectivity index (χ3v) is 2.84. The summed E-state index contributed by atoms with van der Waals surface area (Å²) < 4.78 is 51.5. The van der Waals surface area contributed by atoms with E-state index in [4.69, 9.17) is 5.73 Å². The molecule has 0 saturated carbocycles. The second-order valence-corrected chi connectivity index (χ2v) is 4.38. The van der Waals surface area contributed by atoms with Crippen LogP contribution in [0.1, 0.15) is 11.1 Å². The maximum absolute atomic E-state index is 13.1. The Bertz CT molecular complexity index is 636. The van der Waals surface area contributed by atoms with Crippen LogP contribution in [0.5, 0.6) is 0 Å². The number of halogens is 4. The van der Waals surface area contributed by atoms with Gasteiger partial charge in [-0.3, -0.25) is 0 Å². The molecule has 3 N–H and O–H groups in total. The van der Waals surface area contributed by atoms with Crippen LogP contribution in [0.15, 0.2) is 36.4 Å². The van der Waals surface area contributed by atoms with Crippen molar-refractivity contribution in [1.29, 1.82) is 0 Å². The number of alkyl halides is 3. The molecule has 2 aromatic rings. The van der Waals surface area contributed by atoms with E-state index in [0.717, 1.165) is 12.1 Å². The van der Waals surface area contributed by atoms with Crippen molar-refractivity contribution in [3.8, 4) is 0 Å². The fourth-order valence-corrected chi connectivity index (χ4v) is 1.80. The maximum Gasteiger partial charge on any atom is 0.416 e. The van der Waals surface area contributed by atoms with Crippen LogP contribution in [-0.4, -0.2) is 0 Å². The summed E-state index contributed by atoms with van der Waals surface area (Å²) in [4.78, 5) is 0. The minimum absolute atomic E-state index is 0.121. The summed E-state index contributed by atoms with van der Waals surface area (Å²) in [7, 11) is 0. The van der Waals surface area contributed by atoms with Crippen molar-refractivity contribution < 1.29 is 17.6 Å². The Morgan fingerprint density at radius 3 is 2.40 bits per heavy atom. The molecule has 0 heterocycles. The fraction of sp³-hybridized carbons (Fsp3) is 0.143. The molecule has 2 nitrogen and oxygen atoms in total. The molecular weight excluding hydrogens is 272 g/mol. The van der Waals surface area contributed by atoms with Crippen LogP contribution in [0.4, 0.5) is 34.6 Å². The average molecular weight is 284 g/mol. The molecule has 2 rings (SSSR count). The Morgan fingerprint density at radius 1 is 1.05 bits per heavy atom. The summed E-state index contributed by atoms with van der Waals surface area (Å²) >= 11 is 0. The summed E-state index contributed by atoms with van der Waals surface area (Å²) in [5.41, 5.74) is 5.69. The van der Waals surface area contributed by atoms with Gasteiger partial charge in [0.2, 0.25) is 0 Å². The van der Waals surface area contributed by atoms with Gasteiger partial charge >= 0.3 is 6.18 Å². The molecule has 0 aliphatic heterocycles. The van der Waals surface area contributed by atoms with Gasteiger partial charge in [-0.25, -0.2) is 4.39 Å². The predicted molar refractivity (Wildman–Crippen MR) is 70.3 cm³/mol. The highest BCUT2D eigenvalue weighted by Gasteiger charge is 2.32. The largest absolute Gasteiger partial charge is 0.416 e. The van der Waals surface area contributed by atoms with Crippen molar-refractivity contribution in [2.75, 3.05) is 11.1 Å². The van der Waals surface area contributed by atoms with Gasteiger partial charge in [-0.05, 0) is 42.8 Å². The molecule has 0 fully saturated rings. The quantitative estimate of drug-likeness (QED) is 0.630. The maximum atomic E-state index is 13.1. The van der Waals surface area contributed by atoms with E-state index in [1.54, 1.807) is 0 Å². The molecule has 0 atom stereocenters. The zero-order valence-corrected chi connectivity index (χ0v) is 10.6. The van der Waals surface area contributed by atoms with Gasteiger partial charge in [0, 0.05) is 5.69 Å². The Hall–Kier alpha value is -2.24. The highest BCUT2D eigenvalue weighted by Crippen LogP contribution is 2.34. The molecule has 0 saturated heterocycles. The molecule has 20 heavy (non-hydrogen) atoms. The third kappa shape index (κ3) is 3.01. The highest BCUT2D eigenvalue weighted by molar-refractivity contribution is 5.72. The third-order valence-electron chi connectivity index (χ3n) is 2.84. The lowest BCUT2D eigenvalue weighted by molar-refractivity contribution is -0.138. The lowest BCUT2D eigenvalue weighted by Gasteiger charge is -2.14. The minimum atomic E-state index is -4.44. The van der Waals surface area contributed by atoms with Crippen molar-refractivity contribution in [3.63, 3.8) is 0 Å². The zero-order chi connectivity index (χ0) is 14.9. The number of rotatable bonds is 2. The smallest absolute Gasteiger partial charge is 0.397 e. The number of nitrogens with two attached hydrogens (primary N) is 1. The lowest BCUT2D eigenvalue weighted by atomic mass is 10.1. The van der Waals surface area contributed by atoms with Gasteiger partial charge in [0.15, 0.2) is 0 Å². The van der Waals surface area contributed by atoms with Crippen LogP contribution in [-0.2, 0) is 6.18 Å². The summed E-state index contributed by atoms with van der Waals surface area (Å²) in [6.45, 7) is 1.38. The first kappa shape index (κ1) is 14.2. The molecule has 0 amide bonds. The second kappa shape index (κ2) is 5.03. The standard InChI is InChI=1S/C14H12F4N2/c1-8-2-4-10(7-11(8)14(16,17)18)20-13-6-9(15)3-5-12(13)19/h2-7,20H,19H2,1H3. The number of benzene rings is 2. The number of hydrogen-bond donors (Lipinski definition) is 2. The van der Waals surface area contributed by atoms with Crippen LogP contribution in [0.2, 0.25) is 0 Å². The topological polar surface area (TPSA) is 38.0 Å². The van der Waals surface area contributed by atoms with E-state index >= 15 is 0 Å². The number of anilines is 3. The molecule has 0 aliphatic rings. The van der Waals surface area contributed by atoms with Crippen molar-refractivity contribution in [1.82, 2.24) is 0 Å². The van der Waals surface area contributed by atoms with Crippen LogP contribution < -0.4 is 11.1 Å². The van der Waals surface area contributed by atoms with Crippen LogP contribution in [0.3, 0.4) is 0 Å². The van der Waals surface area contributed by atoms with Crippen LogP contribution >= 0.6 is 0 Å². The van der Waals surface area contributed by atoms with E-state index in [2.05, 4.69) is 5.32 Å². The van der Waals surface area contributed by atoms with Gasteiger partial charge < -0.3 is 11.1 Å². The molecule has 0 aliphatic carbocycles. The van der Waals surface area contributed by atoms with Crippen molar-refractivity contribution >= 4 is 17.1 Å². The van der Waals surface area contributed by atoms with Gasteiger partial charge in [0.25, 0.3) is 0 Å². The first-order chi connectivity index (χ1) is 9.27. The highest BCUT2D eigenvalue weighted by atomic mass is 19.4. The second-order valence-electron chi connectivity index (χ2n) is 4.38. The van der Waals surface area contributed by atoms with E-state index < -0.39 is 17.6 Å². The summed E-state index contributed by atoms with van der Waals surface area (Å²) in [6, 6.07) is 7.45. The Labute approximate surface area is 113 Å². The summed E-state index contributed by atoms with van der Waals surface area (Å²) in [5, 5.41) is 2.69. The molecular formula is C14H12F4N2. The monoisotopic (exact) mass is 284 g/mol. The Balaban J connectivity index is 2.37. The Morgan fingerprint density at radius 2 is 1.75 bits per heavy atom. The normalized spacial score (nSPS) is 11.4. The van der Waals surface area contributed by atoms with Gasteiger partial charge in [0.1, 0.15) is 5.82 Å².